The summed E-state index contributed by atoms with van der Waals surface area (Å²) in [6.07, 6.45) is 5.13. The lowest BCUT2D eigenvalue weighted by Gasteiger charge is -2.23. The summed E-state index contributed by atoms with van der Waals surface area (Å²) in [7, 11) is 0. The molecule has 1 aliphatic rings. The number of anilines is 1. The van der Waals surface area contributed by atoms with E-state index in [1.165, 1.54) is 10.9 Å². The highest BCUT2D eigenvalue weighted by molar-refractivity contribution is 7.71. The van der Waals surface area contributed by atoms with Crippen LogP contribution in [-0.2, 0) is 10.5 Å². The number of aliphatic hydroxyl groups is 3. The van der Waals surface area contributed by atoms with Crippen molar-refractivity contribution in [1.82, 2.24) is 19.5 Å². The zero-order valence-electron chi connectivity index (χ0n) is 16.9. The van der Waals surface area contributed by atoms with Crippen molar-refractivity contribution in [2.75, 3.05) is 31.6 Å². The van der Waals surface area contributed by atoms with Gasteiger partial charge in [0, 0.05) is 13.1 Å². The number of hydrogen-bond donors (Lipinski definition) is 6. The largest absolute Gasteiger partial charge is 0.505 e. The Kier molecular flexibility index (Phi) is 7.20. The molecule has 1 aliphatic heterocycles. The number of imidazole rings is 1. The second kappa shape index (κ2) is 9.85. The Balaban J connectivity index is 1.63. The third-order valence-electron chi connectivity index (χ3n) is 4.87. The molecule has 2 aromatic rings. The third-order valence-corrected chi connectivity index (χ3v) is 5.15. The van der Waals surface area contributed by atoms with Crippen molar-refractivity contribution in [3.63, 3.8) is 0 Å². The predicted molar refractivity (Wildman–Crippen MR) is 119 cm³/mol. The molecule has 0 amide bonds. The van der Waals surface area contributed by atoms with Gasteiger partial charge in [0.05, 0.1) is 6.33 Å². The lowest BCUT2D eigenvalue weighted by atomic mass is 10.2. The summed E-state index contributed by atoms with van der Waals surface area (Å²) in [6.45, 7) is 3.79. The molecule has 31 heavy (non-hydrogen) atoms. The average molecular weight is 451 g/mol. The molecule has 1 unspecified atom stereocenters. The number of aliphatic hydroxyl groups excluding tert-OH is 2. The van der Waals surface area contributed by atoms with Crippen LogP contribution in [0.5, 0.6) is 0 Å². The summed E-state index contributed by atoms with van der Waals surface area (Å²) in [5.41, 5.74) is 4.29. The fraction of sp³-hybridized carbons (Fsp3) is 0.500. The third kappa shape index (κ3) is 4.84. The minimum absolute atomic E-state index is 0.0931. The fourth-order valence-electron chi connectivity index (χ4n) is 3.18. The van der Waals surface area contributed by atoms with Crippen LogP contribution in [0.4, 0.5) is 5.95 Å². The number of aromatic amines is 1. The van der Waals surface area contributed by atoms with Crippen LogP contribution in [0.1, 0.15) is 25.7 Å². The molecule has 0 radical (unpaired) electrons. The van der Waals surface area contributed by atoms with Crippen molar-refractivity contribution in [3.8, 4) is 0 Å². The first-order valence-electron chi connectivity index (χ1n) is 9.77. The molecule has 0 bridgehead atoms. The quantitative estimate of drug-likeness (QED) is 0.133. The van der Waals surface area contributed by atoms with Gasteiger partial charge in [0.2, 0.25) is 17.6 Å². The first kappa shape index (κ1) is 22.7. The van der Waals surface area contributed by atoms with Crippen molar-refractivity contribution in [2.45, 2.75) is 31.4 Å². The van der Waals surface area contributed by atoms with E-state index in [4.69, 9.17) is 22.7 Å². The number of nitrogens with one attached hydrogen (secondary N) is 2. The molecule has 3 heterocycles. The van der Waals surface area contributed by atoms with Crippen LogP contribution in [0.3, 0.4) is 0 Å². The lowest BCUT2D eigenvalue weighted by Crippen LogP contribution is -2.36. The van der Waals surface area contributed by atoms with Crippen LogP contribution >= 0.6 is 12.2 Å². The topological polar surface area (TPSA) is 179 Å². The van der Waals surface area contributed by atoms with E-state index in [9.17, 15) is 15.3 Å². The van der Waals surface area contributed by atoms with E-state index >= 15 is 0 Å². The van der Waals surface area contributed by atoms with E-state index in [2.05, 4.69) is 37.0 Å². The van der Waals surface area contributed by atoms with Gasteiger partial charge in [-0.15, -0.1) is 0 Å². The monoisotopic (exact) mass is 450 g/mol. The molecule has 0 fully saturated rings. The van der Waals surface area contributed by atoms with Crippen LogP contribution in [0.25, 0.3) is 11.2 Å². The van der Waals surface area contributed by atoms with Gasteiger partial charge in [0.1, 0.15) is 24.4 Å². The van der Waals surface area contributed by atoms with Crippen LogP contribution < -0.4 is 11.1 Å². The van der Waals surface area contributed by atoms with E-state index in [0.717, 1.165) is 25.7 Å². The zero-order valence-corrected chi connectivity index (χ0v) is 17.7. The first-order valence-corrected chi connectivity index (χ1v) is 10.2. The van der Waals surface area contributed by atoms with Crippen LogP contribution in [0, 0.1) is 4.64 Å². The first-order chi connectivity index (χ1) is 14.9. The Morgan fingerprint density at radius 1 is 1.42 bits per heavy atom. The second-order valence-corrected chi connectivity index (χ2v) is 7.36. The van der Waals surface area contributed by atoms with Crippen molar-refractivity contribution in [3.05, 3.63) is 22.5 Å². The molecule has 0 saturated carbocycles. The molecular weight excluding hydrogens is 424 g/mol. The molecule has 1 atom stereocenters. The van der Waals surface area contributed by atoms with Gasteiger partial charge in [-0.25, -0.2) is 15.0 Å². The molecule has 3 rings (SSSR count). The Morgan fingerprint density at radius 2 is 2.19 bits per heavy atom. The number of H-pyrrole nitrogens is 1. The number of aromatic nitrogens is 4. The number of unbranched alkanes of at least 4 members (excludes halogenated alkanes) is 3. The Bertz CT molecular complexity index is 1060. The number of nitrogens with zero attached hydrogens (tertiary/aromatic N) is 5. The van der Waals surface area contributed by atoms with Gasteiger partial charge in [-0.05, 0) is 19.6 Å². The van der Waals surface area contributed by atoms with Crippen molar-refractivity contribution >= 4 is 42.0 Å². The molecule has 0 aromatic carbocycles. The van der Waals surface area contributed by atoms with Crippen molar-refractivity contribution in [2.24, 2.45) is 15.7 Å². The van der Waals surface area contributed by atoms with Crippen LogP contribution in [0.15, 0.2) is 27.8 Å². The predicted octanol–water partition coefficient (Wildman–Crippen LogP) is 0.914. The number of ether oxygens (including phenoxy) is 1. The Hall–Kier alpha value is -3.03. The highest BCUT2D eigenvalue weighted by Crippen LogP contribution is 2.33. The molecule has 13 heteroatoms. The molecule has 0 saturated heterocycles. The van der Waals surface area contributed by atoms with E-state index in [1.807, 2.05) is 0 Å². The van der Waals surface area contributed by atoms with Gasteiger partial charge < -0.3 is 36.1 Å². The van der Waals surface area contributed by atoms with E-state index in [0.29, 0.717) is 30.2 Å². The van der Waals surface area contributed by atoms with Gasteiger partial charge in [0.15, 0.2) is 16.2 Å². The van der Waals surface area contributed by atoms with E-state index < -0.39 is 18.1 Å². The zero-order chi connectivity index (χ0) is 22.4. The molecule has 12 nitrogen and oxygen atoms in total. The van der Waals surface area contributed by atoms with Gasteiger partial charge in [-0.3, -0.25) is 9.56 Å². The number of guanidine groups is 1. The van der Waals surface area contributed by atoms with Gasteiger partial charge in [0.25, 0.3) is 0 Å². The van der Waals surface area contributed by atoms with Gasteiger partial charge in [-0.1, -0.05) is 25.1 Å². The molecule has 0 spiro atoms. The lowest BCUT2D eigenvalue weighted by molar-refractivity contribution is -0.0506. The molecule has 0 aliphatic carbocycles. The smallest absolute Gasteiger partial charge is 0.241 e. The highest BCUT2D eigenvalue weighted by Gasteiger charge is 2.44. The second-order valence-electron chi connectivity index (χ2n) is 6.98. The van der Waals surface area contributed by atoms with Gasteiger partial charge >= 0.3 is 0 Å². The summed E-state index contributed by atoms with van der Waals surface area (Å²) in [5, 5.41) is 33.6. The SMILES string of the molecule is C=NC(N)=NCCCCCCNc1nc(=S)c2ncn(C3(O)COC(CO)=C3O)c2[nH]1. The number of aliphatic imine (C=N–C) groups is 2. The van der Waals surface area contributed by atoms with Crippen molar-refractivity contribution in [1.29, 1.82) is 0 Å². The van der Waals surface area contributed by atoms with Gasteiger partial charge in [-0.2, -0.15) is 0 Å². The maximum atomic E-state index is 10.9. The Labute approximate surface area is 183 Å². The van der Waals surface area contributed by atoms with E-state index in [1.54, 1.807) is 0 Å². The maximum Gasteiger partial charge on any atom is 0.241 e. The molecule has 2 aromatic heterocycles. The minimum Gasteiger partial charge on any atom is -0.505 e. The highest BCUT2D eigenvalue weighted by atomic mass is 32.1. The van der Waals surface area contributed by atoms with E-state index in [-0.39, 0.29) is 23.0 Å². The molecular formula is C18H26N8O4S. The fourth-order valence-corrected chi connectivity index (χ4v) is 3.42. The number of hydrogen-bond acceptors (Lipinski definition) is 9. The summed E-state index contributed by atoms with van der Waals surface area (Å²) in [4.78, 5) is 19.1. The number of fused-ring (bicyclic) bond motifs is 1. The summed E-state index contributed by atoms with van der Waals surface area (Å²) >= 11 is 5.31. The molecule has 168 valence electrons. The summed E-state index contributed by atoms with van der Waals surface area (Å²) in [6, 6.07) is 0. The maximum absolute atomic E-state index is 10.9. The minimum atomic E-state index is -1.91. The number of nitrogens with two attached hydrogens (primary N) is 1. The van der Waals surface area contributed by atoms with Crippen molar-refractivity contribution < 1.29 is 20.1 Å². The van der Waals surface area contributed by atoms with Crippen LogP contribution in [-0.4, -0.2) is 73.8 Å². The average Bonchev–Trinajstić information content (AvgIpc) is 3.32. The standard InChI is InChI=1S/C18H26N8O4S/c1-20-16(19)21-6-4-2-3-5-7-22-17-24-14-12(15(31)25-17)23-10-26(14)18(29)9-30-11(8-27)13(18)28/h10,27-29H,1-9H2,(H2,19,21)(H2,22,24,25,31). The Morgan fingerprint density at radius 3 is 2.90 bits per heavy atom. The molecule has 7 N–H and O–H groups in total. The summed E-state index contributed by atoms with van der Waals surface area (Å²) < 4.78 is 6.75. The normalized spacial score (nSPS) is 19.1. The number of rotatable bonds is 10. The van der Waals surface area contributed by atoms with Crippen LogP contribution in [0.2, 0.25) is 0 Å². The summed E-state index contributed by atoms with van der Waals surface area (Å²) in [5.74, 6) is 0.0595.